The van der Waals surface area contributed by atoms with Gasteiger partial charge in [0.25, 0.3) is 0 Å². The molecule has 0 spiro atoms. The maximum atomic E-state index is 5.83. The van der Waals surface area contributed by atoms with Gasteiger partial charge in [0.1, 0.15) is 11.3 Å². The fourth-order valence-corrected chi connectivity index (χ4v) is 2.45. The number of nitrogens with two attached hydrogens (primary N) is 1. The SMILES string of the molecule is C=CCN(CCC)Cc1c(CN)oc2ccccc12. The maximum absolute atomic E-state index is 5.83. The zero-order valence-electron chi connectivity index (χ0n) is 11.6. The van der Waals surface area contributed by atoms with Gasteiger partial charge in [0.2, 0.25) is 0 Å². The minimum absolute atomic E-state index is 0.443. The van der Waals surface area contributed by atoms with E-state index in [9.17, 15) is 0 Å². The second-order valence-corrected chi connectivity index (χ2v) is 4.73. The summed E-state index contributed by atoms with van der Waals surface area (Å²) in [7, 11) is 0. The molecule has 0 aliphatic heterocycles. The Hall–Kier alpha value is -1.58. The van der Waals surface area contributed by atoms with Gasteiger partial charge < -0.3 is 10.2 Å². The monoisotopic (exact) mass is 258 g/mol. The number of nitrogens with zero attached hydrogens (tertiary/aromatic N) is 1. The number of rotatable bonds is 7. The molecule has 102 valence electrons. The van der Waals surface area contributed by atoms with E-state index in [0.717, 1.165) is 37.4 Å². The van der Waals surface area contributed by atoms with E-state index in [4.69, 9.17) is 10.2 Å². The van der Waals surface area contributed by atoms with E-state index in [1.807, 2.05) is 24.3 Å². The molecule has 0 saturated heterocycles. The van der Waals surface area contributed by atoms with Crippen LogP contribution in [0, 0.1) is 0 Å². The number of benzene rings is 1. The average molecular weight is 258 g/mol. The van der Waals surface area contributed by atoms with Crippen LogP contribution in [0.5, 0.6) is 0 Å². The van der Waals surface area contributed by atoms with Crippen LogP contribution < -0.4 is 5.73 Å². The second-order valence-electron chi connectivity index (χ2n) is 4.73. The molecule has 1 heterocycles. The van der Waals surface area contributed by atoms with Crippen molar-refractivity contribution in [3.63, 3.8) is 0 Å². The number of furan rings is 1. The average Bonchev–Trinajstić information content (AvgIpc) is 2.78. The fourth-order valence-electron chi connectivity index (χ4n) is 2.45. The fraction of sp³-hybridized carbons (Fsp3) is 0.375. The zero-order valence-corrected chi connectivity index (χ0v) is 11.6. The topological polar surface area (TPSA) is 42.4 Å². The van der Waals surface area contributed by atoms with Crippen molar-refractivity contribution in [2.45, 2.75) is 26.4 Å². The summed E-state index contributed by atoms with van der Waals surface area (Å²) in [4.78, 5) is 2.36. The van der Waals surface area contributed by atoms with Crippen molar-refractivity contribution in [3.05, 3.63) is 48.2 Å². The van der Waals surface area contributed by atoms with Gasteiger partial charge in [-0.2, -0.15) is 0 Å². The van der Waals surface area contributed by atoms with E-state index in [0.29, 0.717) is 6.54 Å². The van der Waals surface area contributed by atoms with Crippen LogP contribution in [0.1, 0.15) is 24.7 Å². The van der Waals surface area contributed by atoms with E-state index < -0.39 is 0 Å². The number of fused-ring (bicyclic) bond motifs is 1. The Morgan fingerprint density at radius 3 is 2.84 bits per heavy atom. The van der Waals surface area contributed by atoms with Crippen LogP contribution >= 0.6 is 0 Å². The van der Waals surface area contributed by atoms with Crippen molar-refractivity contribution in [2.24, 2.45) is 5.73 Å². The van der Waals surface area contributed by atoms with E-state index in [1.165, 1.54) is 10.9 Å². The van der Waals surface area contributed by atoms with Crippen LogP contribution in [0.4, 0.5) is 0 Å². The lowest BCUT2D eigenvalue weighted by atomic mass is 10.1. The van der Waals surface area contributed by atoms with Gasteiger partial charge in [-0.3, -0.25) is 4.90 Å². The van der Waals surface area contributed by atoms with Crippen molar-refractivity contribution < 1.29 is 4.42 Å². The van der Waals surface area contributed by atoms with Gasteiger partial charge >= 0.3 is 0 Å². The van der Waals surface area contributed by atoms with Gasteiger partial charge in [-0.1, -0.05) is 31.2 Å². The highest BCUT2D eigenvalue weighted by atomic mass is 16.3. The molecule has 0 fully saturated rings. The molecule has 0 bridgehead atoms. The Morgan fingerprint density at radius 1 is 1.37 bits per heavy atom. The number of hydrogen-bond donors (Lipinski definition) is 1. The summed E-state index contributed by atoms with van der Waals surface area (Å²) in [6.45, 7) is 9.26. The molecule has 2 rings (SSSR count). The van der Waals surface area contributed by atoms with Crippen LogP contribution in [0.15, 0.2) is 41.3 Å². The largest absolute Gasteiger partial charge is 0.459 e. The first kappa shape index (κ1) is 13.8. The smallest absolute Gasteiger partial charge is 0.134 e. The van der Waals surface area contributed by atoms with Crippen LogP contribution in [0.2, 0.25) is 0 Å². The number of hydrogen-bond acceptors (Lipinski definition) is 3. The predicted molar refractivity (Wildman–Crippen MR) is 79.9 cm³/mol. The molecule has 0 saturated carbocycles. The van der Waals surface area contributed by atoms with Gasteiger partial charge in [0.05, 0.1) is 6.54 Å². The second kappa shape index (κ2) is 6.55. The lowest BCUT2D eigenvalue weighted by Gasteiger charge is -2.19. The first-order chi connectivity index (χ1) is 9.30. The first-order valence-corrected chi connectivity index (χ1v) is 6.82. The van der Waals surface area contributed by atoms with E-state index in [2.05, 4.69) is 24.5 Å². The molecule has 3 nitrogen and oxygen atoms in total. The molecule has 1 aromatic heterocycles. The third-order valence-corrected chi connectivity index (χ3v) is 3.28. The lowest BCUT2D eigenvalue weighted by Crippen LogP contribution is -2.24. The van der Waals surface area contributed by atoms with Crippen molar-refractivity contribution in [1.29, 1.82) is 0 Å². The Kier molecular flexibility index (Phi) is 4.77. The van der Waals surface area contributed by atoms with E-state index in [1.54, 1.807) is 0 Å². The third-order valence-electron chi connectivity index (χ3n) is 3.28. The van der Waals surface area contributed by atoms with Gasteiger partial charge in [-0.25, -0.2) is 0 Å². The molecular weight excluding hydrogens is 236 g/mol. The molecule has 0 aliphatic carbocycles. The van der Waals surface area contributed by atoms with Crippen LogP contribution in [0.3, 0.4) is 0 Å². The number of para-hydroxylation sites is 1. The minimum atomic E-state index is 0.443. The Morgan fingerprint density at radius 2 is 2.16 bits per heavy atom. The molecule has 0 atom stereocenters. The van der Waals surface area contributed by atoms with Gasteiger partial charge in [0.15, 0.2) is 0 Å². The van der Waals surface area contributed by atoms with Crippen LogP contribution in [0.25, 0.3) is 11.0 Å². The summed E-state index contributed by atoms with van der Waals surface area (Å²) in [5.41, 5.74) is 7.95. The van der Waals surface area contributed by atoms with Gasteiger partial charge in [-0.15, -0.1) is 6.58 Å². The standard InChI is InChI=1S/C16H22N2O/c1-3-9-18(10-4-2)12-14-13-7-5-6-8-15(13)19-16(14)11-17/h3,5-8H,1,4,9-12,17H2,2H3. The molecular formula is C16H22N2O. The maximum Gasteiger partial charge on any atom is 0.134 e. The summed E-state index contributed by atoms with van der Waals surface area (Å²) >= 11 is 0. The molecule has 2 N–H and O–H groups in total. The summed E-state index contributed by atoms with van der Waals surface area (Å²) in [5, 5.41) is 1.17. The zero-order chi connectivity index (χ0) is 13.7. The summed E-state index contributed by atoms with van der Waals surface area (Å²) in [5.74, 6) is 0.895. The molecule has 19 heavy (non-hydrogen) atoms. The van der Waals surface area contributed by atoms with Gasteiger partial charge in [0, 0.05) is 24.0 Å². The van der Waals surface area contributed by atoms with Crippen LogP contribution in [-0.2, 0) is 13.1 Å². The molecule has 0 amide bonds. The van der Waals surface area contributed by atoms with E-state index in [-0.39, 0.29) is 0 Å². The summed E-state index contributed by atoms with van der Waals surface area (Å²) in [6, 6.07) is 8.13. The van der Waals surface area contributed by atoms with Crippen molar-refractivity contribution in [3.8, 4) is 0 Å². The highest BCUT2D eigenvalue weighted by Crippen LogP contribution is 2.26. The molecule has 0 aliphatic rings. The predicted octanol–water partition coefficient (Wildman–Crippen LogP) is 3.29. The van der Waals surface area contributed by atoms with Crippen LogP contribution in [-0.4, -0.2) is 18.0 Å². The summed E-state index contributed by atoms with van der Waals surface area (Å²) < 4.78 is 5.83. The molecule has 3 heteroatoms. The molecule has 0 radical (unpaired) electrons. The Balaban J connectivity index is 2.33. The molecule has 2 aromatic rings. The van der Waals surface area contributed by atoms with Crippen molar-refractivity contribution in [2.75, 3.05) is 13.1 Å². The highest BCUT2D eigenvalue weighted by molar-refractivity contribution is 5.82. The highest BCUT2D eigenvalue weighted by Gasteiger charge is 2.15. The quantitative estimate of drug-likeness (QED) is 0.775. The lowest BCUT2D eigenvalue weighted by molar-refractivity contribution is 0.293. The third kappa shape index (κ3) is 3.06. The minimum Gasteiger partial charge on any atom is -0.459 e. The first-order valence-electron chi connectivity index (χ1n) is 6.82. The van der Waals surface area contributed by atoms with Gasteiger partial charge in [-0.05, 0) is 19.0 Å². The Bertz CT molecular complexity index is 545. The summed E-state index contributed by atoms with van der Waals surface area (Å²) in [6.07, 6.45) is 3.07. The Labute approximate surface area is 114 Å². The van der Waals surface area contributed by atoms with Crippen molar-refractivity contribution in [1.82, 2.24) is 4.90 Å². The normalized spacial score (nSPS) is 11.3. The van der Waals surface area contributed by atoms with Crippen molar-refractivity contribution >= 4 is 11.0 Å². The molecule has 0 unspecified atom stereocenters. The molecule has 1 aromatic carbocycles. The van der Waals surface area contributed by atoms with E-state index >= 15 is 0 Å².